The molecule has 0 spiro atoms. The van der Waals surface area contributed by atoms with Crippen LogP contribution in [0.25, 0.3) is 6.08 Å². The number of carboxylic acid groups (broad SMARTS) is 1. The fourth-order valence-corrected chi connectivity index (χ4v) is 4.58. The maximum atomic E-state index is 12.6. The molecule has 0 aliphatic carbocycles. The predicted octanol–water partition coefficient (Wildman–Crippen LogP) is 5.26. The van der Waals surface area contributed by atoms with E-state index in [1.807, 2.05) is 0 Å². The second-order valence-electron chi connectivity index (χ2n) is 6.38. The van der Waals surface area contributed by atoms with Crippen molar-refractivity contribution in [3.63, 3.8) is 0 Å². The third-order valence-corrected chi connectivity index (χ3v) is 6.43. The highest BCUT2D eigenvalue weighted by Crippen LogP contribution is 2.35. The fraction of sp³-hybridized carbons (Fsp3) is 0.190. The number of carboxylic acids is 1. The summed E-state index contributed by atoms with van der Waals surface area (Å²) in [4.78, 5) is 25.0. The maximum absolute atomic E-state index is 12.6. The summed E-state index contributed by atoms with van der Waals surface area (Å²) in [5, 5.41) is 9.85. The molecule has 0 atom stereocenters. The number of aliphatic carboxylic acids is 1. The largest absolute Gasteiger partial charge is 0.493 e. The minimum absolute atomic E-state index is 0.0397. The molecule has 1 fully saturated rings. The van der Waals surface area contributed by atoms with Crippen LogP contribution in [-0.4, -0.2) is 39.9 Å². The summed E-state index contributed by atoms with van der Waals surface area (Å²) < 4.78 is 11.6. The van der Waals surface area contributed by atoms with Crippen LogP contribution in [0.5, 0.6) is 11.5 Å². The van der Waals surface area contributed by atoms with Crippen LogP contribution < -0.4 is 9.47 Å². The number of thiocarbonyl (C=S) groups is 1. The van der Waals surface area contributed by atoms with E-state index in [1.54, 1.807) is 42.5 Å². The molecule has 31 heavy (non-hydrogen) atoms. The quantitative estimate of drug-likeness (QED) is 0.393. The Kier molecular flexibility index (Phi) is 7.83. The minimum Gasteiger partial charge on any atom is -0.493 e. The summed E-state index contributed by atoms with van der Waals surface area (Å²) in [5.74, 6) is -0.344. The average Bonchev–Trinajstić information content (AvgIpc) is 2.99. The van der Waals surface area contributed by atoms with Crippen LogP contribution in [0.2, 0.25) is 10.0 Å². The molecule has 3 rings (SSSR count). The van der Waals surface area contributed by atoms with E-state index < -0.39 is 5.97 Å². The molecular weight excluding hydrogens is 481 g/mol. The van der Waals surface area contributed by atoms with Crippen molar-refractivity contribution in [3.05, 3.63) is 62.5 Å². The van der Waals surface area contributed by atoms with Gasteiger partial charge < -0.3 is 14.6 Å². The average molecular weight is 498 g/mol. The van der Waals surface area contributed by atoms with Crippen molar-refractivity contribution in [2.75, 3.05) is 13.7 Å². The van der Waals surface area contributed by atoms with Crippen LogP contribution in [-0.2, 0) is 16.2 Å². The first-order chi connectivity index (χ1) is 14.8. The highest BCUT2D eigenvalue weighted by molar-refractivity contribution is 8.26. The van der Waals surface area contributed by atoms with Crippen molar-refractivity contribution in [2.24, 2.45) is 0 Å². The lowest BCUT2D eigenvalue weighted by atomic mass is 10.1. The van der Waals surface area contributed by atoms with Crippen LogP contribution in [0.15, 0.2) is 41.3 Å². The number of benzene rings is 2. The number of halogens is 2. The van der Waals surface area contributed by atoms with Gasteiger partial charge in [0, 0.05) is 22.2 Å². The second kappa shape index (κ2) is 10.4. The molecule has 2 aromatic rings. The van der Waals surface area contributed by atoms with Gasteiger partial charge in [0.15, 0.2) is 11.5 Å². The van der Waals surface area contributed by atoms with Gasteiger partial charge >= 0.3 is 5.97 Å². The minimum atomic E-state index is -0.989. The number of hydrogen-bond donors (Lipinski definition) is 1. The van der Waals surface area contributed by atoms with E-state index in [0.717, 1.165) is 11.8 Å². The zero-order chi connectivity index (χ0) is 22.5. The van der Waals surface area contributed by atoms with Crippen LogP contribution in [0, 0.1) is 0 Å². The van der Waals surface area contributed by atoms with Crippen molar-refractivity contribution in [1.82, 2.24) is 4.90 Å². The molecule has 1 aliphatic heterocycles. The van der Waals surface area contributed by atoms with Gasteiger partial charge in [-0.2, -0.15) is 0 Å². The second-order valence-corrected chi connectivity index (χ2v) is 8.87. The molecule has 0 radical (unpaired) electrons. The van der Waals surface area contributed by atoms with Gasteiger partial charge in [-0.3, -0.25) is 14.5 Å². The van der Waals surface area contributed by atoms with Crippen LogP contribution >= 0.6 is 47.2 Å². The number of hydrogen-bond acceptors (Lipinski definition) is 6. The van der Waals surface area contributed by atoms with Gasteiger partial charge in [-0.05, 0) is 35.9 Å². The Morgan fingerprint density at radius 3 is 2.58 bits per heavy atom. The lowest BCUT2D eigenvalue weighted by molar-refractivity contribution is -0.137. The lowest BCUT2D eigenvalue weighted by Crippen LogP contribution is -2.30. The lowest BCUT2D eigenvalue weighted by Gasteiger charge is -2.13. The van der Waals surface area contributed by atoms with E-state index in [4.69, 9.17) is 50.0 Å². The first-order valence-electron chi connectivity index (χ1n) is 9.01. The predicted molar refractivity (Wildman–Crippen MR) is 126 cm³/mol. The first-order valence-corrected chi connectivity index (χ1v) is 11.0. The Labute approximate surface area is 198 Å². The van der Waals surface area contributed by atoms with Gasteiger partial charge in [0.05, 0.1) is 18.4 Å². The first kappa shape index (κ1) is 23.4. The molecule has 162 valence electrons. The van der Waals surface area contributed by atoms with Crippen molar-refractivity contribution in [2.45, 2.75) is 13.0 Å². The van der Waals surface area contributed by atoms with E-state index in [9.17, 15) is 9.59 Å². The van der Waals surface area contributed by atoms with E-state index in [1.165, 1.54) is 12.0 Å². The van der Waals surface area contributed by atoms with E-state index >= 15 is 0 Å². The number of ether oxygens (including phenoxy) is 2. The van der Waals surface area contributed by atoms with Crippen LogP contribution in [0.4, 0.5) is 0 Å². The molecule has 1 aliphatic rings. The normalized spacial score (nSPS) is 14.9. The summed E-state index contributed by atoms with van der Waals surface area (Å²) >= 11 is 18.7. The topological polar surface area (TPSA) is 76.1 Å². The van der Waals surface area contributed by atoms with E-state index in [0.29, 0.717) is 41.9 Å². The number of rotatable bonds is 8. The van der Waals surface area contributed by atoms with Gasteiger partial charge in [-0.1, -0.05) is 59.3 Å². The number of methoxy groups -OCH3 is 1. The molecule has 10 heteroatoms. The summed E-state index contributed by atoms with van der Waals surface area (Å²) in [5.41, 5.74) is 1.38. The smallest absolute Gasteiger partial charge is 0.305 e. The highest BCUT2D eigenvalue weighted by atomic mass is 35.5. The number of amides is 1. The van der Waals surface area contributed by atoms with Gasteiger partial charge in [0.1, 0.15) is 10.9 Å². The SMILES string of the molecule is COc1cc(/C=C2\SC(=S)N(CCC(=O)O)C2=O)ccc1OCc1c(Cl)cccc1Cl. The number of nitrogens with zero attached hydrogens (tertiary/aromatic N) is 1. The van der Waals surface area contributed by atoms with Crippen molar-refractivity contribution < 1.29 is 24.2 Å². The molecule has 1 N–H and O–H groups in total. The van der Waals surface area contributed by atoms with Gasteiger partial charge in [-0.15, -0.1) is 0 Å². The van der Waals surface area contributed by atoms with Crippen molar-refractivity contribution in [3.8, 4) is 11.5 Å². The Morgan fingerprint density at radius 1 is 1.23 bits per heavy atom. The zero-order valence-corrected chi connectivity index (χ0v) is 19.4. The Hall–Kier alpha value is -2.26. The Balaban J connectivity index is 1.76. The van der Waals surface area contributed by atoms with Gasteiger partial charge in [0.25, 0.3) is 5.91 Å². The summed E-state index contributed by atoms with van der Waals surface area (Å²) in [7, 11) is 1.51. The monoisotopic (exact) mass is 497 g/mol. The van der Waals surface area contributed by atoms with E-state index in [-0.39, 0.29) is 25.5 Å². The molecule has 2 aromatic carbocycles. The fourth-order valence-electron chi connectivity index (χ4n) is 2.76. The van der Waals surface area contributed by atoms with Crippen LogP contribution in [0.3, 0.4) is 0 Å². The molecule has 0 saturated carbocycles. The zero-order valence-electron chi connectivity index (χ0n) is 16.3. The number of carbonyl (C=O) groups is 2. The number of carbonyl (C=O) groups excluding carboxylic acids is 1. The molecular formula is C21H17Cl2NO5S2. The molecule has 1 saturated heterocycles. The molecule has 0 aromatic heterocycles. The molecule has 0 bridgehead atoms. The summed E-state index contributed by atoms with van der Waals surface area (Å²) in [6, 6.07) is 10.5. The summed E-state index contributed by atoms with van der Waals surface area (Å²) in [6.07, 6.45) is 1.51. The Morgan fingerprint density at radius 2 is 1.94 bits per heavy atom. The third-order valence-electron chi connectivity index (χ3n) is 4.34. The third kappa shape index (κ3) is 5.71. The summed E-state index contributed by atoms with van der Waals surface area (Å²) in [6.45, 7) is 0.203. The van der Waals surface area contributed by atoms with Crippen LogP contribution in [0.1, 0.15) is 17.5 Å². The molecule has 1 amide bonds. The van der Waals surface area contributed by atoms with Gasteiger partial charge in [0.2, 0.25) is 0 Å². The van der Waals surface area contributed by atoms with Crippen molar-refractivity contribution in [1.29, 1.82) is 0 Å². The maximum Gasteiger partial charge on any atom is 0.305 e. The molecule has 6 nitrogen and oxygen atoms in total. The molecule has 1 heterocycles. The van der Waals surface area contributed by atoms with Gasteiger partial charge in [-0.25, -0.2) is 0 Å². The van der Waals surface area contributed by atoms with Crippen molar-refractivity contribution >= 4 is 69.5 Å². The number of thioether (sulfide) groups is 1. The standard InChI is InChI=1S/C21H17Cl2NO5S2/c1-28-17-9-12(10-18-20(27)24(21(30)31-18)8-7-19(25)26)5-6-16(17)29-11-13-14(22)3-2-4-15(13)23/h2-6,9-10H,7-8,11H2,1H3,(H,25,26)/b18-10-. The molecule has 0 unspecified atom stereocenters. The highest BCUT2D eigenvalue weighted by Gasteiger charge is 2.32. The Bertz CT molecular complexity index is 1050. The van der Waals surface area contributed by atoms with E-state index in [2.05, 4.69) is 0 Å².